The molecule has 1 aromatic heterocycles. The third kappa shape index (κ3) is 3.44. The Morgan fingerprint density at radius 1 is 1.14 bits per heavy atom. The molecule has 2 heterocycles. The lowest BCUT2D eigenvalue weighted by atomic mass is 9.48. The van der Waals surface area contributed by atoms with Gasteiger partial charge in [0.15, 0.2) is 0 Å². The Balaban J connectivity index is 1.23. The zero-order chi connectivity index (χ0) is 19.1. The van der Waals surface area contributed by atoms with Crippen molar-refractivity contribution in [3.8, 4) is 0 Å². The first-order chi connectivity index (χ1) is 13.6. The molecule has 1 atom stereocenters. The molecule has 0 spiro atoms. The Morgan fingerprint density at radius 3 is 2.43 bits per heavy atom. The van der Waals surface area contributed by atoms with Crippen molar-refractivity contribution in [2.24, 2.45) is 23.2 Å². The lowest BCUT2D eigenvalue weighted by molar-refractivity contribution is -0.117. The van der Waals surface area contributed by atoms with Gasteiger partial charge in [0.2, 0.25) is 11.9 Å². The molecule has 5 fully saturated rings. The van der Waals surface area contributed by atoms with Crippen LogP contribution in [0.5, 0.6) is 0 Å². The van der Waals surface area contributed by atoms with Crippen LogP contribution in [0.15, 0.2) is 30.1 Å². The highest BCUT2D eigenvalue weighted by Crippen LogP contribution is 2.62. The van der Waals surface area contributed by atoms with Gasteiger partial charge in [-0.15, -0.1) is 0 Å². The lowest BCUT2D eigenvalue weighted by Gasteiger charge is -2.57. The van der Waals surface area contributed by atoms with Gasteiger partial charge in [-0.2, -0.15) is 0 Å². The molecule has 0 aromatic carbocycles. The summed E-state index contributed by atoms with van der Waals surface area (Å²) in [7, 11) is 0. The van der Waals surface area contributed by atoms with Crippen molar-refractivity contribution in [1.29, 1.82) is 0 Å². The van der Waals surface area contributed by atoms with Gasteiger partial charge in [-0.05, 0) is 87.5 Å². The Bertz CT molecular complexity index is 724. The smallest absolute Gasteiger partial charge is 0.244 e. The van der Waals surface area contributed by atoms with E-state index in [4.69, 9.17) is 0 Å². The van der Waals surface area contributed by atoms with Crippen LogP contribution in [0.25, 0.3) is 0 Å². The topological polar surface area (TPSA) is 58.1 Å². The first kappa shape index (κ1) is 18.1. The highest BCUT2D eigenvalue weighted by molar-refractivity contribution is 5.88. The Kier molecular flexibility index (Phi) is 4.64. The standard InChI is InChI=1S/C23H32N4O/c1-16(23-12-17-9-18(13-23)11-19(10-17)14-23)8-21(28)26-20-4-2-7-27(15-20)22-24-5-3-6-25-22/h3,5-6,8,17-20H,2,4,7,9-15H2,1H3,(H,26,28)/b16-8+. The monoisotopic (exact) mass is 380 g/mol. The number of aromatic nitrogens is 2. The van der Waals surface area contributed by atoms with Crippen LogP contribution >= 0.6 is 0 Å². The van der Waals surface area contributed by atoms with Gasteiger partial charge in [0.05, 0.1) is 0 Å². The molecule has 150 valence electrons. The Morgan fingerprint density at radius 2 is 1.79 bits per heavy atom. The van der Waals surface area contributed by atoms with E-state index in [1.165, 1.54) is 44.1 Å². The molecule has 5 aliphatic rings. The van der Waals surface area contributed by atoms with Gasteiger partial charge in [0.1, 0.15) is 0 Å². The van der Waals surface area contributed by atoms with Crippen LogP contribution in [-0.4, -0.2) is 35.0 Å². The minimum absolute atomic E-state index is 0.0917. The van der Waals surface area contributed by atoms with Crippen molar-refractivity contribution in [2.45, 2.75) is 64.3 Å². The first-order valence-corrected chi connectivity index (χ1v) is 11.1. The van der Waals surface area contributed by atoms with Gasteiger partial charge in [0.25, 0.3) is 0 Å². The van der Waals surface area contributed by atoms with E-state index in [0.29, 0.717) is 5.41 Å². The van der Waals surface area contributed by atoms with Gasteiger partial charge in [-0.3, -0.25) is 4.79 Å². The molecule has 4 bridgehead atoms. The molecule has 1 amide bonds. The van der Waals surface area contributed by atoms with Crippen LogP contribution in [0.1, 0.15) is 58.3 Å². The van der Waals surface area contributed by atoms with E-state index < -0.39 is 0 Å². The van der Waals surface area contributed by atoms with Gasteiger partial charge < -0.3 is 10.2 Å². The summed E-state index contributed by atoms with van der Waals surface area (Å²) >= 11 is 0. The summed E-state index contributed by atoms with van der Waals surface area (Å²) in [5.74, 6) is 3.59. The van der Waals surface area contributed by atoms with E-state index in [9.17, 15) is 4.79 Å². The molecule has 4 aliphatic carbocycles. The van der Waals surface area contributed by atoms with Crippen molar-refractivity contribution < 1.29 is 4.79 Å². The maximum atomic E-state index is 12.8. The number of carbonyl (C=O) groups excluding carboxylic acids is 1. The quantitative estimate of drug-likeness (QED) is 0.809. The Hall–Kier alpha value is -1.91. The van der Waals surface area contributed by atoms with E-state index in [1.807, 2.05) is 12.1 Å². The molecule has 1 N–H and O–H groups in total. The second kappa shape index (κ2) is 7.16. The van der Waals surface area contributed by atoms with Gasteiger partial charge in [-0.25, -0.2) is 9.97 Å². The highest BCUT2D eigenvalue weighted by Gasteiger charge is 2.51. The minimum Gasteiger partial charge on any atom is -0.348 e. The van der Waals surface area contributed by atoms with Crippen LogP contribution in [0, 0.1) is 23.2 Å². The zero-order valence-corrected chi connectivity index (χ0v) is 16.9. The molecule has 1 saturated heterocycles. The van der Waals surface area contributed by atoms with E-state index in [-0.39, 0.29) is 11.9 Å². The summed E-state index contributed by atoms with van der Waals surface area (Å²) in [6.07, 6.45) is 15.9. The second-order valence-electron chi connectivity index (χ2n) is 9.87. The number of allylic oxidation sites excluding steroid dienone is 1. The highest BCUT2D eigenvalue weighted by atomic mass is 16.1. The number of hydrogen-bond acceptors (Lipinski definition) is 4. The maximum absolute atomic E-state index is 12.8. The molecular weight excluding hydrogens is 348 g/mol. The molecular formula is C23H32N4O. The first-order valence-electron chi connectivity index (χ1n) is 11.1. The molecule has 0 radical (unpaired) electrons. The van der Waals surface area contributed by atoms with Crippen LogP contribution in [0.2, 0.25) is 0 Å². The molecule has 5 heteroatoms. The molecule has 28 heavy (non-hydrogen) atoms. The fourth-order valence-electron chi connectivity index (χ4n) is 6.92. The number of rotatable bonds is 4. The van der Waals surface area contributed by atoms with Crippen molar-refractivity contribution in [3.63, 3.8) is 0 Å². The predicted octanol–water partition coefficient (Wildman–Crippen LogP) is 3.72. The molecule has 1 unspecified atom stereocenters. The van der Waals surface area contributed by atoms with Crippen LogP contribution in [0.4, 0.5) is 5.95 Å². The summed E-state index contributed by atoms with van der Waals surface area (Å²) in [5, 5.41) is 3.27. The molecule has 4 saturated carbocycles. The molecule has 1 aromatic rings. The average Bonchev–Trinajstić information content (AvgIpc) is 2.68. The summed E-state index contributed by atoms with van der Waals surface area (Å²) in [6.45, 7) is 3.97. The molecule has 1 aliphatic heterocycles. The van der Waals surface area contributed by atoms with Gasteiger partial charge in [0, 0.05) is 37.6 Å². The summed E-state index contributed by atoms with van der Waals surface area (Å²) in [6, 6.07) is 2.01. The lowest BCUT2D eigenvalue weighted by Crippen LogP contribution is -2.48. The van der Waals surface area contributed by atoms with E-state index in [1.54, 1.807) is 12.4 Å². The normalized spacial score (nSPS) is 37.2. The summed E-state index contributed by atoms with van der Waals surface area (Å²) in [5.41, 5.74) is 1.66. The summed E-state index contributed by atoms with van der Waals surface area (Å²) in [4.78, 5) is 23.7. The number of amides is 1. The summed E-state index contributed by atoms with van der Waals surface area (Å²) < 4.78 is 0. The number of nitrogens with one attached hydrogen (secondary N) is 1. The fraction of sp³-hybridized carbons (Fsp3) is 0.696. The van der Waals surface area contributed by atoms with Crippen LogP contribution in [0.3, 0.4) is 0 Å². The largest absolute Gasteiger partial charge is 0.348 e. The number of piperidine rings is 1. The Labute approximate surface area is 168 Å². The van der Waals surface area contributed by atoms with Crippen molar-refractivity contribution in [1.82, 2.24) is 15.3 Å². The predicted molar refractivity (Wildman–Crippen MR) is 110 cm³/mol. The van der Waals surface area contributed by atoms with E-state index in [2.05, 4.69) is 27.1 Å². The zero-order valence-electron chi connectivity index (χ0n) is 16.9. The minimum atomic E-state index is 0.0917. The number of carbonyl (C=O) groups is 1. The van der Waals surface area contributed by atoms with Gasteiger partial charge >= 0.3 is 0 Å². The average molecular weight is 381 g/mol. The third-order valence-corrected chi connectivity index (χ3v) is 7.83. The third-order valence-electron chi connectivity index (χ3n) is 7.83. The van der Waals surface area contributed by atoms with Crippen LogP contribution < -0.4 is 10.2 Å². The van der Waals surface area contributed by atoms with Crippen molar-refractivity contribution in [2.75, 3.05) is 18.0 Å². The maximum Gasteiger partial charge on any atom is 0.244 e. The second-order valence-corrected chi connectivity index (χ2v) is 9.87. The fourth-order valence-corrected chi connectivity index (χ4v) is 6.92. The number of nitrogens with zero attached hydrogens (tertiary/aromatic N) is 3. The van der Waals surface area contributed by atoms with Crippen LogP contribution in [-0.2, 0) is 4.79 Å². The number of hydrogen-bond donors (Lipinski definition) is 1. The molecule has 5 nitrogen and oxygen atoms in total. The van der Waals surface area contributed by atoms with E-state index in [0.717, 1.165) is 49.6 Å². The van der Waals surface area contributed by atoms with Gasteiger partial charge in [-0.1, -0.05) is 5.57 Å². The van der Waals surface area contributed by atoms with Crippen molar-refractivity contribution in [3.05, 3.63) is 30.1 Å². The SMILES string of the molecule is C/C(=C\C(=O)NC1CCCN(c2ncccn2)C1)C12CC3CC(CC(C3)C1)C2. The molecule has 6 rings (SSSR count). The number of anilines is 1. The van der Waals surface area contributed by atoms with Crippen molar-refractivity contribution >= 4 is 11.9 Å². The van der Waals surface area contributed by atoms with E-state index >= 15 is 0 Å².